The zero-order chi connectivity index (χ0) is 21.6. The van der Waals surface area contributed by atoms with Crippen LogP contribution in [0.25, 0.3) is 0 Å². The number of hydrogen-bond donors (Lipinski definition) is 2. The average molecular weight is 445 g/mol. The Morgan fingerprint density at radius 1 is 1.10 bits per heavy atom. The standard InChI is InChI=1S/C20H20N4O4S2/c1-14-10-17(27-9-8-22-16-6-7-23-24-13-16)12-18(11-14)28-30(25,26)19-4-2-15(3-5-19)20(21)29/h2-7,10-13H,8-9H2,1H3,(H2,21,29)(H,22,23). The van der Waals surface area contributed by atoms with Crippen LogP contribution in [0.3, 0.4) is 0 Å². The zero-order valence-electron chi connectivity index (χ0n) is 16.1. The van der Waals surface area contributed by atoms with Crippen LogP contribution in [0.5, 0.6) is 11.5 Å². The van der Waals surface area contributed by atoms with Gasteiger partial charge in [0.1, 0.15) is 28.0 Å². The van der Waals surface area contributed by atoms with E-state index >= 15 is 0 Å². The van der Waals surface area contributed by atoms with Crippen molar-refractivity contribution >= 4 is 33.0 Å². The Bertz CT molecular complexity index is 1120. The van der Waals surface area contributed by atoms with Crippen molar-refractivity contribution in [2.24, 2.45) is 5.73 Å². The first kappa shape index (κ1) is 21.5. The monoisotopic (exact) mass is 444 g/mol. The van der Waals surface area contributed by atoms with Gasteiger partial charge < -0.3 is 20.0 Å². The highest BCUT2D eigenvalue weighted by atomic mass is 32.2. The van der Waals surface area contributed by atoms with Gasteiger partial charge in [-0.25, -0.2) is 0 Å². The van der Waals surface area contributed by atoms with Crippen molar-refractivity contribution in [3.05, 3.63) is 72.1 Å². The fourth-order valence-corrected chi connectivity index (χ4v) is 3.62. The summed E-state index contributed by atoms with van der Waals surface area (Å²) in [6.45, 7) is 2.71. The van der Waals surface area contributed by atoms with Gasteiger partial charge in [-0.1, -0.05) is 24.4 Å². The topological polar surface area (TPSA) is 116 Å². The van der Waals surface area contributed by atoms with Crippen LogP contribution in [0.15, 0.2) is 65.8 Å². The van der Waals surface area contributed by atoms with E-state index in [1.807, 2.05) is 6.92 Å². The van der Waals surface area contributed by atoms with Gasteiger partial charge in [0.05, 0.1) is 18.1 Å². The van der Waals surface area contributed by atoms with Gasteiger partial charge in [0, 0.05) is 18.2 Å². The molecule has 0 unspecified atom stereocenters. The molecule has 3 rings (SSSR count). The van der Waals surface area contributed by atoms with Crippen LogP contribution in [0.4, 0.5) is 5.69 Å². The van der Waals surface area contributed by atoms with Crippen LogP contribution in [0, 0.1) is 6.92 Å². The number of nitrogens with one attached hydrogen (secondary N) is 1. The second-order valence-corrected chi connectivity index (χ2v) is 8.30. The molecule has 0 amide bonds. The molecule has 0 aliphatic rings. The molecule has 0 aliphatic carbocycles. The first-order chi connectivity index (χ1) is 14.3. The molecule has 0 bridgehead atoms. The van der Waals surface area contributed by atoms with Crippen molar-refractivity contribution in [2.75, 3.05) is 18.5 Å². The van der Waals surface area contributed by atoms with Crippen LogP contribution in [0.2, 0.25) is 0 Å². The minimum atomic E-state index is -4.02. The molecule has 3 N–H and O–H groups in total. The van der Waals surface area contributed by atoms with Gasteiger partial charge in [0.25, 0.3) is 0 Å². The Balaban J connectivity index is 1.64. The van der Waals surface area contributed by atoms with E-state index in [1.54, 1.807) is 30.6 Å². The molecule has 3 aromatic rings. The highest BCUT2D eigenvalue weighted by molar-refractivity contribution is 7.87. The minimum absolute atomic E-state index is 0.00151. The first-order valence-electron chi connectivity index (χ1n) is 8.93. The molecule has 10 heteroatoms. The first-order valence-corrected chi connectivity index (χ1v) is 10.7. The minimum Gasteiger partial charge on any atom is -0.492 e. The summed E-state index contributed by atoms with van der Waals surface area (Å²) in [5.41, 5.74) is 7.74. The number of thiocarbonyl (C=S) groups is 1. The largest absolute Gasteiger partial charge is 0.492 e. The molecule has 1 aromatic heterocycles. The van der Waals surface area contributed by atoms with Gasteiger partial charge in [-0.15, -0.1) is 0 Å². The average Bonchev–Trinajstić information content (AvgIpc) is 2.71. The maximum absolute atomic E-state index is 12.6. The molecular weight excluding hydrogens is 424 g/mol. The van der Waals surface area contributed by atoms with E-state index in [2.05, 4.69) is 15.5 Å². The number of aromatic nitrogens is 2. The van der Waals surface area contributed by atoms with E-state index < -0.39 is 10.1 Å². The van der Waals surface area contributed by atoms with Gasteiger partial charge in [0.2, 0.25) is 0 Å². The summed E-state index contributed by atoms with van der Waals surface area (Å²) in [6.07, 6.45) is 3.20. The predicted octanol–water partition coefficient (Wildman–Crippen LogP) is 2.68. The lowest BCUT2D eigenvalue weighted by atomic mass is 10.2. The summed E-state index contributed by atoms with van der Waals surface area (Å²) in [4.78, 5) is 0.191. The van der Waals surface area contributed by atoms with Crippen LogP contribution in [-0.2, 0) is 10.1 Å². The van der Waals surface area contributed by atoms with Gasteiger partial charge in [-0.05, 0) is 42.8 Å². The summed E-state index contributed by atoms with van der Waals surface area (Å²) in [7, 11) is -4.02. The smallest absolute Gasteiger partial charge is 0.339 e. The quantitative estimate of drug-likeness (QED) is 0.292. The van der Waals surface area contributed by atoms with E-state index in [9.17, 15) is 8.42 Å². The van der Waals surface area contributed by atoms with Crippen molar-refractivity contribution in [3.63, 3.8) is 0 Å². The summed E-state index contributed by atoms with van der Waals surface area (Å²) < 4.78 is 36.1. The van der Waals surface area contributed by atoms with Crippen molar-refractivity contribution in [1.29, 1.82) is 0 Å². The molecule has 0 spiro atoms. The van der Waals surface area contributed by atoms with Crippen LogP contribution in [0.1, 0.15) is 11.1 Å². The van der Waals surface area contributed by atoms with E-state index in [4.69, 9.17) is 26.9 Å². The lowest BCUT2D eigenvalue weighted by Gasteiger charge is -2.12. The summed E-state index contributed by atoms with van der Waals surface area (Å²) in [6, 6.07) is 12.6. The number of aryl methyl sites for hydroxylation is 1. The van der Waals surface area contributed by atoms with Gasteiger partial charge in [-0.3, -0.25) is 0 Å². The Hall–Kier alpha value is -3.24. The second-order valence-electron chi connectivity index (χ2n) is 6.31. The lowest BCUT2D eigenvalue weighted by Crippen LogP contribution is -2.13. The molecule has 1 heterocycles. The van der Waals surface area contributed by atoms with E-state index in [1.165, 1.54) is 30.3 Å². The molecule has 0 saturated heterocycles. The lowest BCUT2D eigenvalue weighted by molar-refractivity contribution is 0.331. The Labute approximate surface area is 180 Å². The van der Waals surface area contributed by atoms with Crippen molar-refractivity contribution in [2.45, 2.75) is 11.8 Å². The van der Waals surface area contributed by atoms with Crippen molar-refractivity contribution < 1.29 is 17.3 Å². The Morgan fingerprint density at radius 2 is 1.83 bits per heavy atom. The summed E-state index contributed by atoms with van der Waals surface area (Å²) >= 11 is 4.88. The molecule has 0 aliphatic heterocycles. The number of hydrogen-bond acceptors (Lipinski definition) is 8. The summed E-state index contributed by atoms with van der Waals surface area (Å²) in [5.74, 6) is 0.661. The number of nitrogens with two attached hydrogens (primary N) is 1. The zero-order valence-corrected chi connectivity index (χ0v) is 17.7. The molecule has 0 saturated carbocycles. The highest BCUT2D eigenvalue weighted by Gasteiger charge is 2.17. The Kier molecular flexibility index (Phi) is 6.80. The maximum Gasteiger partial charge on any atom is 0.339 e. The van der Waals surface area contributed by atoms with Gasteiger partial charge in [-0.2, -0.15) is 18.6 Å². The van der Waals surface area contributed by atoms with Crippen molar-refractivity contribution in [1.82, 2.24) is 10.2 Å². The third-order valence-corrected chi connectivity index (χ3v) is 5.44. The number of rotatable bonds is 9. The highest BCUT2D eigenvalue weighted by Crippen LogP contribution is 2.26. The normalized spacial score (nSPS) is 11.0. The molecule has 2 aromatic carbocycles. The number of benzene rings is 2. The summed E-state index contributed by atoms with van der Waals surface area (Å²) in [5, 5.41) is 10.6. The molecule has 8 nitrogen and oxygen atoms in total. The Morgan fingerprint density at radius 3 is 2.50 bits per heavy atom. The predicted molar refractivity (Wildman–Crippen MR) is 117 cm³/mol. The molecular formula is C20H20N4O4S2. The number of ether oxygens (including phenoxy) is 1. The third kappa shape index (κ3) is 5.88. The third-order valence-electron chi connectivity index (χ3n) is 3.94. The van der Waals surface area contributed by atoms with Crippen LogP contribution < -0.4 is 20.0 Å². The van der Waals surface area contributed by atoms with E-state index in [-0.39, 0.29) is 15.6 Å². The maximum atomic E-state index is 12.6. The van der Waals surface area contributed by atoms with Crippen LogP contribution in [-0.4, -0.2) is 36.8 Å². The molecule has 0 fully saturated rings. The molecule has 30 heavy (non-hydrogen) atoms. The fourth-order valence-electron chi connectivity index (χ4n) is 2.57. The van der Waals surface area contributed by atoms with E-state index in [0.717, 1.165) is 11.3 Å². The van der Waals surface area contributed by atoms with Crippen molar-refractivity contribution in [3.8, 4) is 11.5 Å². The van der Waals surface area contributed by atoms with Gasteiger partial charge in [0.15, 0.2) is 0 Å². The number of anilines is 1. The number of nitrogens with zero attached hydrogens (tertiary/aromatic N) is 2. The van der Waals surface area contributed by atoms with E-state index in [0.29, 0.717) is 24.5 Å². The fraction of sp³-hybridized carbons (Fsp3) is 0.150. The SMILES string of the molecule is Cc1cc(OCCNc2ccnnc2)cc(OS(=O)(=O)c2ccc(C(N)=S)cc2)c1. The molecule has 0 atom stereocenters. The molecule has 0 radical (unpaired) electrons. The van der Waals surface area contributed by atoms with Gasteiger partial charge >= 0.3 is 10.1 Å². The van der Waals surface area contributed by atoms with Crippen LogP contribution >= 0.6 is 12.2 Å². The second kappa shape index (κ2) is 9.51. The molecule has 156 valence electrons.